The molecule has 2 rings (SSSR count). The van der Waals surface area contributed by atoms with Gasteiger partial charge in [-0.15, -0.1) is 0 Å². The second kappa shape index (κ2) is 9.25. The average molecular weight is 411 g/mol. The van der Waals surface area contributed by atoms with Gasteiger partial charge in [-0.25, -0.2) is 4.79 Å². The van der Waals surface area contributed by atoms with Crippen molar-refractivity contribution in [2.24, 2.45) is 5.73 Å². The Morgan fingerprint density at radius 1 is 1.15 bits per heavy atom. The fourth-order valence-electron chi connectivity index (χ4n) is 2.06. The maximum Gasteiger partial charge on any atom is 0.347 e. The van der Waals surface area contributed by atoms with Crippen LogP contribution in [0, 0.1) is 0 Å². The molecule has 27 heavy (non-hydrogen) atoms. The van der Waals surface area contributed by atoms with E-state index in [0.29, 0.717) is 5.02 Å². The standard InChI is InChI=1S/C18H16Cl2N2O5/c1-10(27-15-7-6-11(19)8-13(15)20)18(25)26-9-16(23)22-14-5-3-2-4-12(14)17(21)24/h2-8,10H,9H2,1H3,(H2,21,24)(H,22,23)/t10-/m1/s1. The number of halogens is 2. The van der Waals surface area contributed by atoms with E-state index in [1.165, 1.54) is 31.2 Å². The lowest BCUT2D eigenvalue weighted by atomic mass is 10.1. The minimum Gasteiger partial charge on any atom is -0.477 e. The van der Waals surface area contributed by atoms with Crippen LogP contribution in [0.4, 0.5) is 5.69 Å². The first-order chi connectivity index (χ1) is 12.8. The number of carbonyl (C=O) groups excluding carboxylic acids is 3. The van der Waals surface area contributed by atoms with Gasteiger partial charge in [0.1, 0.15) is 5.75 Å². The first-order valence-electron chi connectivity index (χ1n) is 7.75. The molecule has 2 amide bonds. The largest absolute Gasteiger partial charge is 0.477 e. The highest BCUT2D eigenvalue weighted by atomic mass is 35.5. The zero-order valence-electron chi connectivity index (χ0n) is 14.2. The van der Waals surface area contributed by atoms with Gasteiger partial charge in [-0.3, -0.25) is 9.59 Å². The highest BCUT2D eigenvalue weighted by Gasteiger charge is 2.19. The van der Waals surface area contributed by atoms with Crippen LogP contribution < -0.4 is 15.8 Å². The molecule has 7 nitrogen and oxygen atoms in total. The molecule has 2 aromatic carbocycles. The highest BCUT2D eigenvalue weighted by molar-refractivity contribution is 6.35. The number of primary amides is 1. The molecule has 0 radical (unpaired) electrons. The zero-order valence-corrected chi connectivity index (χ0v) is 15.7. The molecular weight excluding hydrogens is 395 g/mol. The first-order valence-corrected chi connectivity index (χ1v) is 8.50. The number of hydrogen-bond acceptors (Lipinski definition) is 5. The summed E-state index contributed by atoms with van der Waals surface area (Å²) in [5.41, 5.74) is 5.61. The Hall–Kier alpha value is -2.77. The number of anilines is 1. The van der Waals surface area contributed by atoms with Crippen molar-refractivity contribution < 1.29 is 23.9 Å². The van der Waals surface area contributed by atoms with E-state index in [9.17, 15) is 14.4 Å². The Morgan fingerprint density at radius 3 is 2.52 bits per heavy atom. The SMILES string of the molecule is C[C@@H](Oc1ccc(Cl)cc1Cl)C(=O)OCC(=O)Nc1ccccc1C(N)=O. The lowest BCUT2D eigenvalue weighted by Gasteiger charge is -2.15. The minimum atomic E-state index is -1.01. The second-order valence-corrected chi connectivity index (χ2v) is 6.24. The summed E-state index contributed by atoms with van der Waals surface area (Å²) < 4.78 is 10.3. The topological polar surface area (TPSA) is 108 Å². The molecule has 3 N–H and O–H groups in total. The molecule has 0 saturated carbocycles. The van der Waals surface area contributed by atoms with Crippen LogP contribution in [-0.4, -0.2) is 30.5 Å². The van der Waals surface area contributed by atoms with E-state index in [-0.39, 0.29) is 22.0 Å². The number of carbonyl (C=O) groups is 3. The van der Waals surface area contributed by atoms with Crippen molar-refractivity contribution in [3.8, 4) is 5.75 Å². The summed E-state index contributed by atoms with van der Waals surface area (Å²) >= 11 is 11.8. The lowest BCUT2D eigenvalue weighted by Crippen LogP contribution is -2.30. The summed E-state index contributed by atoms with van der Waals surface area (Å²) in [6.07, 6.45) is -1.01. The molecule has 0 heterocycles. The van der Waals surface area contributed by atoms with E-state index in [2.05, 4.69) is 5.32 Å². The molecule has 0 saturated heterocycles. The zero-order chi connectivity index (χ0) is 20.0. The van der Waals surface area contributed by atoms with Crippen LogP contribution in [0.1, 0.15) is 17.3 Å². The van der Waals surface area contributed by atoms with Gasteiger partial charge in [0.15, 0.2) is 12.7 Å². The number of amides is 2. The van der Waals surface area contributed by atoms with Crippen molar-refractivity contribution in [1.82, 2.24) is 0 Å². The van der Waals surface area contributed by atoms with Gasteiger partial charge in [0.2, 0.25) is 0 Å². The van der Waals surface area contributed by atoms with Crippen LogP contribution in [0.2, 0.25) is 10.0 Å². The smallest absolute Gasteiger partial charge is 0.347 e. The van der Waals surface area contributed by atoms with Gasteiger partial charge < -0.3 is 20.5 Å². The maximum absolute atomic E-state index is 12.0. The van der Waals surface area contributed by atoms with Gasteiger partial charge in [-0.2, -0.15) is 0 Å². The average Bonchev–Trinajstić information content (AvgIpc) is 2.62. The molecule has 1 atom stereocenters. The summed E-state index contributed by atoms with van der Waals surface area (Å²) in [6, 6.07) is 10.8. The third-order valence-electron chi connectivity index (χ3n) is 3.34. The van der Waals surface area contributed by atoms with Crippen LogP contribution in [0.15, 0.2) is 42.5 Å². The summed E-state index contributed by atoms with van der Waals surface area (Å²) in [5.74, 6) is -1.83. The van der Waals surface area contributed by atoms with Crippen LogP contribution in [0.5, 0.6) is 5.75 Å². The normalized spacial score (nSPS) is 11.4. The molecular formula is C18H16Cl2N2O5. The number of para-hydroxylation sites is 1. The molecule has 0 aliphatic rings. The van der Waals surface area contributed by atoms with Crippen LogP contribution in [0.3, 0.4) is 0 Å². The summed E-state index contributed by atoms with van der Waals surface area (Å²) in [7, 11) is 0. The summed E-state index contributed by atoms with van der Waals surface area (Å²) in [5, 5.41) is 3.12. The molecule has 9 heteroatoms. The van der Waals surface area contributed by atoms with Gasteiger partial charge in [0.25, 0.3) is 11.8 Å². The number of hydrogen-bond donors (Lipinski definition) is 2. The van der Waals surface area contributed by atoms with Crippen molar-refractivity contribution in [2.75, 3.05) is 11.9 Å². The Morgan fingerprint density at radius 2 is 1.85 bits per heavy atom. The molecule has 142 valence electrons. The Balaban J connectivity index is 1.89. The number of benzene rings is 2. The molecule has 0 unspecified atom stereocenters. The van der Waals surface area contributed by atoms with E-state index in [1.54, 1.807) is 18.2 Å². The van der Waals surface area contributed by atoms with Gasteiger partial charge >= 0.3 is 5.97 Å². The molecule has 0 aliphatic carbocycles. The van der Waals surface area contributed by atoms with Gasteiger partial charge in [-0.05, 0) is 37.3 Å². The van der Waals surface area contributed by atoms with E-state index < -0.39 is 30.5 Å². The van der Waals surface area contributed by atoms with E-state index in [4.69, 9.17) is 38.4 Å². The van der Waals surface area contributed by atoms with E-state index >= 15 is 0 Å². The number of nitrogens with one attached hydrogen (secondary N) is 1. The summed E-state index contributed by atoms with van der Waals surface area (Å²) in [4.78, 5) is 35.3. The van der Waals surface area contributed by atoms with Crippen molar-refractivity contribution in [3.05, 3.63) is 58.1 Å². The number of rotatable bonds is 7. The van der Waals surface area contributed by atoms with Gasteiger partial charge in [0.05, 0.1) is 16.3 Å². The quantitative estimate of drug-likeness (QED) is 0.681. The first kappa shape index (κ1) is 20.5. The maximum atomic E-state index is 12.0. The molecule has 0 spiro atoms. The second-order valence-electron chi connectivity index (χ2n) is 5.40. The number of nitrogens with two attached hydrogens (primary N) is 1. The fourth-order valence-corrected chi connectivity index (χ4v) is 2.51. The minimum absolute atomic E-state index is 0.145. The Kier molecular flexibility index (Phi) is 7.04. The van der Waals surface area contributed by atoms with Crippen LogP contribution in [0.25, 0.3) is 0 Å². The molecule has 0 bridgehead atoms. The van der Waals surface area contributed by atoms with Crippen molar-refractivity contribution >= 4 is 46.7 Å². The fraction of sp³-hybridized carbons (Fsp3) is 0.167. The lowest BCUT2D eigenvalue weighted by molar-refractivity contribution is -0.153. The molecule has 0 aromatic heterocycles. The van der Waals surface area contributed by atoms with Crippen molar-refractivity contribution in [3.63, 3.8) is 0 Å². The number of ether oxygens (including phenoxy) is 2. The monoisotopic (exact) mass is 410 g/mol. The molecule has 0 fully saturated rings. The predicted octanol–water partition coefficient (Wildman–Crippen LogP) is 3.04. The Bertz CT molecular complexity index is 873. The number of esters is 1. The predicted molar refractivity (Wildman–Crippen MR) is 101 cm³/mol. The van der Waals surface area contributed by atoms with Crippen molar-refractivity contribution in [1.29, 1.82) is 0 Å². The Labute approximate surface area is 165 Å². The molecule has 2 aromatic rings. The van der Waals surface area contributed by atoms with Crippen LogP contribution >= 0.6 is 23.2 Å². The highest BCUT2D eigenvalue weighted by Crippen LogP contribution is 2.28. The van der Waals surface area contributed by atoms with Crippen LogP contribution in [-0.2, 0) is 14.3 Å². The van der Waals surface area contributed by atoms with E-state index in [0.717, 1.165) is 0 Å². The van der Waals surface area contributed by atoms with E-state index in [1.807, 2.05) is 0 Å². The summed E-state index contributed by atoms with van der Waals surface area (Å²) in [6.45, 7) is 0.890. The van der Waals surface area contributed by atoms with Gasteiger partial charge in [0, 0.05) is 5.02 Å². The third kappa shape index (κ3) is 5.87. The van der Waals surface area contributed by atoms with Crippen molar-refractivity contribution in [2.45, 2.75) is 13.0 Å². The molecule has 0 aliphatic heterocycles. The van der Waals surface area contributed by atoms with Gasteiger partial charge in [-0.1, -0.05) is 35.3 Å². The third-order valence-corrected chi connectivity index (χ3v) is 3.87.